The van der Waals surface area contributed by atoms with Gasteiger partial charge in [-0.1, -0.05) is 136 Å². The first kappa shape index (κ1) is 39.4. The van der Waals surface area contributed by atoms with Gasteiger partial charge in [-0.25, -0.2) is 4.79 Å². The lowest BCUT2D eigenvalue weighted by molar-refractivity contribution is -0.862. The fourth-order valence-electron chi connectivity index (χ4n) is 5.77. The van der Waals surface area contributed by atoms with E-state index in [1.165, 1.54) is 83.5 Å². The number of carboxylic acid groups (broad SMARTS) is 2. The molecule has 0 aromatic rings. The topological polar surface area (TPSA) is 94.9 Å². The number of carbonyl (C=O) groups excluding carboxylic acids is 1. The van der Waals surface area contributed by atoms with Crippen LogP contribution < -0.4 is 0 Å². The number of carbonyl (C=O) groups is 3. The maximum atomic E-state index is 13.6. The fraction of sp³-hybridized carbons (Fsp3) is 0.912. The van der Waals surface area contributed by atoms with Crippen molar-refractivity contribution in [3.05, 3.63) is 0 Å². The van der Waals surface area contributed by atoms with Crippen molar-refractivity contribution >= 4 is 17.8 Å². The van der Waals surface area contributed by atoms with Gasteiger partial charge in [0.25, 0.3) is 5.91 Å². The van der Waals surface area contributed by atoms with Gasteiger partial charge in [0, 0.05) is 13.0 Å². The van der Waals surface area contributed by atoms with Crippen molar-refractivity contribution < 1.29 is 29.1 Å². The molecule has 0 aromatic carbocycles. The maximum absolute atomic E-state index is 13.6. The predicted octanol–water partition coefficient (Wildman–Crippen LogP) is 8.44. The number of likely N-dealkylation sites (N-methyl/N-ethyl adjacent to an activating group) is 1. The number of hydrogen-bond acceptors (Lipinski definition) is 3. The Bertz CT molecular complexity index is 691. The second-order valence-corrected chi connectivity index (χ2v) is 13.3. The smallest absolute Gasteiger partial charge is 0.329 e. The first-order chi connectivity index (χ1) is 19.5. The van der Waals surface area contributed by atoms with E-state index in [4.69, 9.17) is 0 Å². The average molecular weight is 584 g/mol. The van der Waals surface area contributed by atoms with Gasteiger partial charge in [-0.15, -0.1) is 0 Å². The van der Waals surface area contributed by atoms with Crippen LogP contribution >= 0.6 is 0 Å². The average Bonchev–Trinajstić information content (AvgIpc) is 2.89. The molecule has 0 aliphatic rings. The van der Waals surface area contributed by atoms with Crippen molar-refractivity contribution in [2.75, 3.05) is 34.2 Å². The third kappa shape index (κ3) is 20.0. The zero-order valence-corrected chi connectivity index (χ0v) is 27.7. The summed E-state index contributed by atoms with van der Waals surface area (Å²) < 4.78 is 0.403. The van der Waals surface area contributed by atoms with E-state index in [0.717, 1.165) is 38.5 Å². The van der Waals surface area contributed by atoms with Crippen molar-refractivity contribution in [1.82, 2.24) is 4.90 Å². The summed E-state index contributed by atoms with van der Waals surface area (Å²) in [6.07, 6.45) is 23.0. The quantitative estimate of drug-likeness (QED) is 0.0680. The van der Waals surface area contributed by atoms with Gasteiger partial charge in [0.1, 0.15) is 5.54 Å². The molecule has 0 aromatic heterocycles. The molecule has 0 aliphatic heterocycles. The highest BCUT2D eigenvalue weighted by molar-refractivity contribution is 5.88. The molecule has 0 heterocycles. The number of aliphatic carboxylic acids is 2. The molecule has 0 fully saturated rings. The predicted molar refractivity (Wildman–Crippen MR) is 170 cm³/mol. The number of carboxylic acids is 2. The Balaban J connectivity index is 5.27. The van der Waals surface area contributed by atoms with Crippen molar-refractivity contribution in [1.29, 1.82) is 0 Å². The van der Waals surface area contributed by atoms with Gasteiger partial charge in [-0.3, -0.25) is 9.59 Å². The number of amides is 1. The van der Waals surface area contributed by atoms with Gasteiger partial charge in [-0.05, 0) is 19.3 Å². The van der Waals surface area contributed by atoms with Gasteiger partial charge >= 0.3 is 11.9 Å². The molecule has 0 unspecified atom stereocenters. The molecular weight excluding hydrogens is 516 g/mol. The van der Waals surface area contributed by atoms with Crippen molar-refractivity contribution in [3.63, 3.8) is 0 Å². The van der Waals surface area contributed by atoms with Crippen LogP contribution in [0.2, 0.25) is 0 Å². The monoisotopic (exact) mass is 584 g/mol. The minimum absolute atomic E-state index is 0.0459. The van der Waals surface area contributed by atoms with Crippen LogP contribution in [-0.4, -0.2) is 77.2 Å². The Labute approximate surface area is 253 Å². The minimum Gasteiger partial charge on any atom is -0.481 e. The molecule has 242 valence electrons. The molecule has 0 spiro atoms. The van der Waals surface area contributed by atoms with E-state index in [9.17, 15) is 24.6 Å². The second-order valence-electron chi connectivity index (χ2n) is 13.3. The van der Waals surface area contributed by atoms with Gasteiger partial charge in [-0.2, -0.15) is 0 Å². The minimum atomic E-state index is -1.47. The standard InChI is InChI=1S/C34H66N2O5/c1-6-8-10-12-14-16-18-20-22-24-27-34(33(40)41,28-26-32(38)39)35(31(37)30-36(3,4)5)29-25-23-21-19-17-15-13-11-9-7-2/h6-30H2,1-5H3,(H-,38,39,40,41)/p+1/t34-/m0/s1. The largest absolute Gasteiger partial charge is 0.481 e. The van der Waals surface area contributed by atoms with E-state index < -0.39 is 17.5 Å². The van der Waals surface area contributed by atoms with Crippen LogP contribution in [-0.2, 0) is 14.4 Å². The highest BCUT2D eigenvalue weighted by Crippen LogP contribution is 2.31. The first-order valence-corrected chi connectivity index (χ1v) is 17.1. The van der Waals surface area contributed by atoms with E-state index in [-0.39, 0.29) is 25.3 Å². The van der Waals surface area contributed by atoms with E-state index in [0.29, 0.717) is 23.9 Å². The summed E-state index contributed by atoms with van der Waals surface area (Å²) in [6, 6.07) is 0. The van der Waals surface area contributed by atoms with Crippen LogP contribution in [0.25, 0.3) is 0 Å². The molecule has 2 N–H and O–H groups in total. The molecule has 0 aliphatic carbocycles. The zero-order chi connectivity index (χ0) is 31.0. The second kappa shape index (κ2) is 23.9. The molecule has 0 radical (unpaired) electrons. The Morgan fingerprint density at radius 2 is 0.976 bits per heavy atom. The molecule has 1 atom stereocenters. The summed E-state index contributed by atoms with van der Waals surface area (Å²) in [5, 5.41) is 20.0. The molecule has 7 heteroatoms. The molecule has 7 nitrogen and oxygen atoms in total. The number of quaternary nitrogens is 1. The van der Waals surface area contributed by atoms with E-state index in [1.807, 2.05) is 21.1 Å². The van der Waals surface area contributed by atoms with Gasteiger partial charge < -0.3 is 19.6 Å². The third-order valence-electron chi connectivity index (χ3n) is 8.26. The summed E-state index contributed by atoms with van der Waals surface area (Å²) >= 11 is 0. The molecule has 0 saturated carbocycles. The van der Waals surface area contributed by atoms with Gasteiger partial charge in [0.15, 0.2) is 6.54 Å². The van der Waals surface area contributed by atoms with Gasteiger partial charge in [0.2, 0.25) is 0 Å². The van der Waals surface area contributed by atoms with E-state index in [1.54, 1.807) is 4.90 Å². The summed E-state index contributed by atoms with van der Waals surface area (Å²) in [7, 11) is 5.79. The fourth-order valence-corrected chi connectivity index (χ4v) is 5.77. The first-order valence-electron chi connectivity index (χ1n) is 17.1. The summed E-state index contributed by atoms with van der Waals surface area (Å²) in [4.78, 5) is 39.7. The molecular formula is C34H67N2O5+. The van der Waals surface area contributed by atoms with Crippen LogP contribution in [0, 0.1) is 0 Å². The lowest BCUT2D eigenvalue weighted by atomic mass is 9.84. The van der Waals surface area contributed by atoms with Crippen LogP contribution in [0.1, 0.15) is 162 Å². The molecule has 0 rings (SSSR count). The van der Waals surface area contributed by atoms with Crippen LogP contribution in [0.4, 0.5) is 0 Å². The zero-order valence-electron chi connectivity index (χ0n) is 27.7. The van der Waals surface area contributed by atoms with Crippen molar-refractivity contribution in [2.24, 2.45) is 0 Å². The molecule has 0 saturated heterocycles. The lowest BCUT2D eigenvalue weighted by Crippen LogP contribution is -2.60. The van der Waals surface area contributed by atoms with Crippen LogP contribution in [0.15, 0.2) is 0 Å². The number of rotatable bonds is 29. The Morgan fingerprint density at radius 1 is 0.585 bits per heavy atom. The normalized spacial score (nSPS) is 13.2. The molecule has 41 heavy (non-hydrogen) atoms. The van der Waals surface area contributed by atoms with Crippen LogP contribution in [0.5, 0.6) is 0 Å². The van der Waals surface area contributed by atoms with E-state index in [2.05, 4.69) is 13.8 Å². The summed E-state index contributed by atoms with van der Waals surface area (Å²) in [6.45, 7) is 5.02. The van der Waals surface area contributed by atoms with Crippen LogP contribution in [0.3, 0.4) is 0 Å². The maximum Gasteiger partial charge on any atom is 0.329 e. The third-order valence-corrected chi connectivity index (χ3v) is 8.26. The number of hydrogen-bond donors (Lipinski definition) is 2. The Morgan fingerprint density at radius 3 is 1.34 bits per heavy atom. The Hall–Kier alpha value is -1.63. The summed E-state index contributed by atoms with van der Waals surface area (Å²) in [5.74, 6) is -2.26. The Kier molecular flexibility index (Phi) is 22.9. The lowest BCUT2D eigenvalue weighted by Gasteiger charge is -2.42. The molecule has 1 amide bonds. The number of unbranched alkanes of at least 4 members (excludes halogenated alkanes) is 18. The summed E-state index contributed by atoms with van der Waals surface area (Å²) in [5.41, 5.74) is -1.47. The SMILES string of the molecule is CCCCCCCCCCCCN(C(=O)C[N+](C)(C)C)[C@@](CCCCCCCCCCCC)(CCC(=O)O)C(=O)O. The van der Waals surface area contributed by atoms with Crippen molar-refractivity contribution in [3.8, 4) is 0 Å². The van der Waals surface area contributed by atoms with Gasteiger partial charge in [0.05, 0.1) is 21.1 Å². The molecule has 0 bridgehead atoms. The van der Waals surface area contributed by atoms with E-state index >= 15 is 0 Å². The van der Waals surface area contributed by atoms with Crippen molar-refractivity contribution in [2.45, 2.75) is 167 Å². The highest BCUT2D eigenvalue weighted by atomic mass is 16.4. The number of nitrogens with zero attached hydrogens (tertiary/aromatic N) is 2. The highest BCUT2D eigenvalue weighted by Gasteiger charge is 2.46.